The van der Waals surface area contributed by atoms with E-state index in [-0.39, 0.29) is 16.1 Å². The summed E-state index contributed by atoms with van der Waals surface area (Å²) in [6.07, 6.45) is 0. The van der Waals surface area contributed by atoms with Crippen LogP contribution in [-0.2, 0) is 10.8 Å². The van der Waals surface area contributed by atoms with Crippen LogP contribution in [-0.4, -0.2) is 42.6 Å². The summed E-state index contributed by atoms with van der Waals surface area (Å²) in [5.74, 6) is 3.86. The Labute approximate surface area is 490 Å². The molecule has 14 aromatic rings. The van der Waals surface area contributed by atoms with Crippen molar-refractivity contribution in [2.24, 2.45) is 0 Å². The van der Waals surface area contributed by atoms with Crippen molar-refractivity contribution in [2.45, 2.75) is 38.5 Å². The predicted octanol–water partition coefficient (Wildman–Crippen LogP) is 17.7. The van der Waals surface area contributed by atoms with E-state index in [2.05, 4.69) is 109 Å². The first-order chi connectivity index (χ1) is 41.0. The van der Waals surface area contributed by atoms with Gasteiger partial charge in [-0.05, 0) is 93.0 Å². The summed E-state index contributed by atoms with van der Waals surface area (Å²) in [6.45, 7) is 8.98. The van der Waals surface area contributed by atoms with Crippen LogP contribution in [0.2, 0.25) is 5.28 Å². The molecule has 403 valence electrons. The Balaban J connectivity index is 0.000000122. The molecular formula is C72H51BClN6O4. The highest BCUT2D eigenvalue weighted by molar-refractivity contribution is 6.28. The first kappa shape index (κ1) is 52.0. The van der Waals surface area contributed by atoms with Crippen LogP contribution in [0.25, 0.3) is 123 Å². The van der Waals surface area contributed by atoms with E-state index in [1.165, 1.54) is 27.8 Å². The fourth-order valence-corrected chi connectivity index (χ4v) is 12.4. The predicted molar refractivity (Wildman–Crippen MR) is 337 cm³/mol. The highest BCUT2D eigenvalue weighted by atomic mass is 35.5. The van der Waals surface area contributed by atoms with Crippen molar-refractivity contribution < 1.29 is 18.5 Å². The number of rotatable bonds is 7. The Morgan fingerprint density at radius 2 is 0.726 bits per heavy atom. The van der Waals surface area contributed by atoms with Gasteiger partial charge in [0.15, 0.2) is 29.1 Å². The Bertz CT molecular complexity index is 4710. The fraction of sp³-hybridized carbons (Fsp3) is 0.0833. The van der Waals surface area contributed by atoms with E-state index in [4.69, 9.17) is 45.1 Å². The minimum absolute atomic E-state index is 0.202. The summed E-state index contributed by atoms with van der Waals surface area (Å²) >= 11 is 5.99. The van der Waals surface area contributed by atoms with Crippen LogP contribution in [0.5, 0.6) is 5.75 Å². The third kappa shape index (κ3) is 9.15. The molecule has 12 heteroatoms. The van der Waals surface area contributed by atoms with Crippen molar-refractivity contribution in [1.29, 1.82) is 0 Å². The number of furan rings is 2. The summed E-state index contributed by atoms with van der Waals surface area (Å²) in [4.78, 5) is 27.8. The zero-order valence-electron chi connectivity index (χ0n) is 46.2. The molecule has 2 aliphatic carbocycles. The lowest BCUT2D eigenvalue weighted by molar-refractivity contribution is 0.445. The lowest BCUT2D eigenvalue weighted by Gasteiger charge is -2.24. The Kier molecular flexibility index (Phi) is 13.0. The van der Waals surface area contributed by atoms with Crippen LogP contribution >= 0.6 is 11.6 Å². The summed E-state index contributed by atoms with van der Waals surface area (Å²) in [5.41, 5.74) is 17.5. The second kappa shape index (κ2) is 21.0. The topological polar surface area (TPSA) is 133 Å². The van der Waals surface area contributed by atoms with Crippen LogP contribution in [0.3, 0.4) is 0 Å². The molecule has 1 radical (unpaired) electrons. The molecule has 10 nitrogen and oxygen atoms in total. The summed E-state index contributed by atoms with van der Waals surface area (Å²) < 4.78 is 17.7. The molecule has 4 heterocycles. The summed E-state index contributed by atoms with van der Waals surface area (Å²) in [5, 5.41) is 13.9. The van der Waals surface area contributed by atoms with Gasteiger partial charge in [0.2, 0.25) is 5.28 Å². The van der Waals surface area contributed by atoms with Crippen molar-refractivity contribution in [3.63, 3.8) is 0 Å². The van der Waals surface area contributed by atoms with E-state index in [0.29, 0.717) is 34.9 Å². The molecule has 0 fully saturated rings. The van der Waals surface area contributed by atoms with Gasteiger partial charge in [0, 0.05) is 65.8 Å². The number of fused-ring (bicyclic) bond motifs is 12. The van der Waals surface area contributed by atoms with E-state index < -0.39 is 0 Å². The Hall–Kier alpha value is -10.1. The minimum atomic E-state index is -0.264. The molecule has 2 aliphatic rings. The zero-order valence-corrected chi connectivity index (χ0v) is 47.0. The van der Waals surface area contributed by atoms with E-state index in [1.54, 1.807) is 0 Å². The van der Waals surface area contributed by atoms with E-state index in [1.807, 2.05) is 164 Å². The van der Waals surface area contributed by atoms with Gasteiger partial charge >= 0.3 is 7.69 Å². The molecule has 0 bridgehead atoms. The monoisotopic (exact) mass is 1110 g/mol. The van der Waals surface area contributed by atoms with Gasteiger partial charge in [-0.25, -0.2) is 19.9 Å². The molecule has 1 N–H and O–H groups in total. The van der Waals surface area contributed by atoms with E-state index >= 15 is 0 Å². The van der Waals surface area contributed by atoms with Crippen molar-refractivity contribution in [3.05, 3.63) is 258 Å². The van der Waals surface area contributed by atoms with Crippen molar-refractivity contribution in [2.75, 3.05) is 0 Å². The third-order valence-corrected chi connectivity index (χ3v) is 16.3. The average Bonchev–Trinajstić information content (AvgIpc) is 2.18. The second-order valence-corrected chi connectivity index (χ2v) is 22.2. The molecule has 84 heavy (non-hydrogen) atoms. The van der Waals surface area contributed by atoms with Crippen molar-refractivity contribution in [1.82, 2.24) is 29.9 Å². The van der Waals surface area contributed by atoms with Crippen LogP contribution in [0, 0.1) is 0 Å². The molecule has 0 unspecified atom stereocenters. The molecular weight excluding hydrogens is 1060 g/mol. The minimum Gasteiger partial charge on any atom is -0.537 e. The molecule has 0 atom stereocenters. The Morgan fingerprint density at radius 1 is 0.357 bits per heavy atom. The SMILES string of the molecule is CC1(C)c2cc3c(cc2-c2cccc(-c4nc(-c5ccccc5)nc(-c5ccccc5)n4)c21)oc1ccccc13.CC1(C)c2cc3c(cc2-c2cccc(O[B]O)c21)oc1ccccc13.Clc1nc(-c2ccccc2)nc(-c2ccccc2)n1. The quantitative estimate of drug-likeness (QED) is 0.154. The molecule has 4 aromatic heterocycles. The van der Waals surface area contributed by atoms with E-state index in [0.717, 1.165) is 96.1 Å². The third-order valence-electron chi connectivity index (χ3n) is 16.1. The summed E-state index contributed by atoms with van der Waals surface area (Å²) in [7, 11) is 0.744. The van der Waals surface area contributed by atoms with Gasteiger partial charge < -0.3 is 18.5 Å². The molecule has 16 rings (SSSR count). The maximum atomic E-state index is 9.12. The maximum absolute atomic E-state index is 9.12. The smallest absolute Gasteiger partial charge is 0.537 e. The van der Waals surface area contributed by atoms with Gasteiger partial charge in [0.05, 0.1) is 0 Å². The fourth-order valence-electron chi connectivity index (χ4n) is 12.2. The number of aromatic nitrogens is 6. The van der Waals surface area contributed by atoms with Crippen LogP contribution in [0.15, 0.2) is 239 Å². The molecule has 0 saturated carbocycles. The first-order valence-electron chi connectivity index (χ1n) is 27.7. The highest BCUT2D eigenvalue weighted by Crippen LogP contribution is 2.55. The van der Waals surface area contributed by atoms with Gasteiger partial charge in [-0.1, -0.05) is 216 Å². The number of nitrogens with zero attached hydrogens (tertiary/aromatic N) is 6. The zero-order chi connectivity index (χ0) is 57.1. The number of para-hydroxylation sites is 2. The van der Waals surface area contributed by atoms with Gasteiger partial charge in [0.25, 0.3) is 0 Å². The Morgan fingerprint density at radius 3 is 1.18 bits per heavy atom. The second-order valence-electron chi connectivity index (χ2n) is 21.9. The molecule has 0 amide bonds. The van der Waals surface area contributed by atoms with Crippen LogP contribution in [0.1, 0.15) is 49.9 Å². The van der Waals surface area contributed by atoms with Gasteiger partial charge in [0.1, 0.15) is 28.1 Å². The van der Waals surface area contributed by atoms with Crippen molar-refractivity contribution >= 4 is 63.2 Å². The van der Waals surface area contributed by atoms with Gasteiger partial charge in [-0.2, -0.15) is 9.97 Å². The molecule has 0 spiro atoms. The first-order valence-corrected chi connectivity index (χ1v) is 28.1. The number of halogens is 1. The lowest BCUT2D eigenvalue weighted by atomic mass is 9.79. The number of hydrogen-bond acceptors (Lipinski definition) is 10. The van der Waals surface area contributed by atoms with Crippen LogP contribution < -0.4 is 4.65 Å². The van der Waals surface area contributed by atoms with Gasteiger partial charge in [-0.15, -0.1) is 0 Å². The molecule has 0 saturated heterocycles. The number of benzene rings is 10. The largest absolute Gasteiger partial charge is 0.569 e. The number of hydrogen-bond donors (Lipinski definition) is 1. The highest BCUT2D eigenvalue weighted by Gasteiger charge is 2.40. The normalized spacial score (nSPS) is 13.1. The average molecular weight is 1110 g/mol. The van der Waals surface area contributed by atoms with E-state index in [9.17, 15) is 0 Å². The summed E-state index contributed by atoms with van der Waals surface area (Å²) in [6, 6.07) is 77.4. The lowest BCUT2D eigenvalue weighted by Crippen LogP contribution is -2.17. The van der Waals surface area contributed by atoms with Crippen LogP contribution in [0.4, 0.5) is 0 Å². The van der Waals surface area contributed by atoms with Crippen molar-refractivity contribution in [3.8, 4) is 84.9 Å². The molecule has 0 aliphatic heterocycles. The van der Waals surface area contributed by atoms with Gasteiger partial charge in [-0.3, -0.25) is 0 Å². The maximum Gasteiger partial charge on any atom is 0.569 e. The molecule has 10 aromatic carbocycles. The standard InChI is InChI=1S/C36H25N3O.C21H16BO3.C15H10ClN3/c1-36(2)29-20-28-24-16-9-10-19-30(24)40-31(28)21-27(29)25-17-11-18-26(32(25)36)35-38-33(22-12-5-3-6-13-22)37-34(39-35)23-14-7-4-8-15-23;1-21(2)16-10-15-12-6-3-4-8-17(12)24-19(15)11-14(16)13-7-5-9-18(20(13)21)25-22-23;16-15-18-13(11-7-3-1-4-8-11)17-14(19-15)12-9-5-2-6-10-12/h3-21H,1-2H3;3-11,23H,1-2H3;1-10H.